The molecule has 1 amide bonds. The molecule has 0 aromatic heterocycles. The Kier molecular flexibility index (Phi) is 6.15. The van der Waals surface area contributed by atoms with E-state index < -0.39 is 0 Å². The molecule has 0 atom stereocenters. The van der Waals surface area contributed by atoms with Gasteiger partial charge in [-0.25, -0.2) is 5.43 Å². The van der Waals surface area contributed by atoms with Crippen LogP contribution in [-0.2, 0) is 17.8 Å². The Morgan fingerprint density at radius 2 is 1.83 bits per heavy atom. The number of ether oxygens (including phenoxy) is 3. The lowest BCUT2D eigenvalue weighted by Crippen LogP contribution is -2.19. The molecule has 0 spiro atoms. The van der Waals surface area contributed by atoms with Crippen molar-refractivity contribution in [2.75, 3.05) is 6.79 Å². The lowest BCUT2D eigenvalue weighted by molar-refractivity contribution is -0.120. The minimum absolute atomic E-state index is 0.193. The molecular formula is C23H19ClN2O4. The maximum atomic E-state index is 12.1. The zero-order chi connectivity index (χ0) is 20.8. The Balaban J connectivity index is 1.28. The molecule has 152 valence electrons. The van der Waals surface area contributed by atoms with Crippen LogP contribution in [0.5, 0.6) is 17.2 Å². The van der Waals surface area contributed by atoms with Crippen LogP contribution >= 0.6 is 11.6 Å². The number of benzene rings is 3. The number of hydrazone groups is 1. The standard InChI is InChI=1S/C23H19ClN2O4/c24-19-7-4-16(5-8-19)14-28-20-3-1-2-18(10-20)13-25-26-23(27)12-17-6-9-21-22(11-17)30-15-29-21/h1-11,13H,12,14-15H2,(H,26,27)/b25-13-. The molecule has 1 aliphatic heterocycles. The second-order valence-electron chi connectivity index (χ2n) is 6.65. The van der Waals surface area contributed by atoms with E-state index in [4.69, 9.17) is 25.8 Å². The molecule has 0 bridgehead atoms. The van der Waals surface area contributed by atoms with Gasteiger partial charge in [0.25, 0.3) is 0 Å². The molecule has 1 heterocycles. The van der Waals surface area contributed by atoms with Gasteiger partial charge in [0.2, 0.25) is 12.7 Å². The average molecular weight is 423 g/mol. The number of nitrogens with one attached hydrogen (secondary N) is 1. The van der Waals surface area contributed by atoms with Crippen molar-refractivity contribution in [2.24, 2.45) is 5.10 Å². The van der Waals surface area contributed by atoms with Crippen molar-refractivity contribution in [1.82, 2.24) is 5.43 Å². The van der Waals surface area contributed by atoms with E-state index in [9.17, 15) is 4.79 Å². The van der Waals surface area contributed by atoms with Crippen LogP contribution in [0.3, 0.4) is 0 Å². The Bertz CT molecular complexity index is 1070. The molecule has 7 heteroatoms. The summed E-state index contributed by atoms with van der Waals surface area (Å²) in [6.07, 6.45) is 1.77. The predicted octanol–water partition coefficient (Wildman–Crippen LogP) is 4.34. The van der Waals surface area contributed by atoms with Gasteiger partial charge >= 0.3 is 0 Å². The summed E-state index contributed by atoms with van der Waals surface area (Å²) in [6.45, 7) is 0.641. The normalized spacial score (nSPS) is 12.2. The average Bonchev–Trinajstić information content (AvgIpc) is 3.21. The van der Waals surface area contributed by atoms with Gasteiger partial charge in [0.05, 0.1) is 12.6 Å². The van der Waals surface area contributed by atoms with Gasteiger partial charge in [-0.15, -0.1) is 0 Å². The fourth-order valence-corrected chi connectivity index (χ4v) is 3.01. The molecule has 3 aromatic carbocycles. The first-order valence-electron chi connectivity index (χ1n) is 9.33. The highest BCUT2D eigenvalue weighted by atomic mass is 35.5. The van der Waals surface area contributed by atoms with Gasteiger partial charge in [-0.2, -0.15) is 5.10 Å². The van der Waals surface area contributed by atoms with E-state index in [-0.39, 0.29) is 19.1 Å². The SMILES string of the molecule is O=C(Cc1ccc2c(c1)OCO2)N/N=C\c1cccc(OCc2ccc(Cl)cc2)c1. The number of rotatable bonds is 7. The summed E-state index contributed by atoms with van der Waals surface area (Å²) in [4.78, 5) is 12.1. The Labute approximate surface area is 179 Å². The molecule has 0 unspecified atom stereocenters. The molecule has 0 aliphatic carbocycles. The van der Waals surface area contributed by atoms with Gasteiger partial charge in [-0.05, 0) is 53.1 Å². The fraction of sp³-hybridized carbons (Fsp3) is 0.130. The zero-order valence-corrected chi connectivity index (χ0v) is 16.8. The number of fused-ring (bicyclic) bond motifs is 1. The van der Waals surface area contributed by atoms with Crippen LogP contribution in [-0.4, -0.2) is 18.9 Å². The van der Waals surface area contributed by atoms with Crippen LogP contribution in [0, 0.1) is 0 Å². The van der Waals surface area contributed by atoms with E-state index in [0.29, 0.717) is 28.9 Å². The van der Waals surface area contributed by atoms with Crippen molar-refractivity contribution in [3.8, 4) is 17.2 Å². The molecule has 0 saturated carbocycles. The van der Waals surface area contributed by atoms with Crippen molar-refractivity contribution in [2.45, 2.75) is 13.0 Å². The van der Waals surface area contributed by atoms with Crippen LogP contribution in [0.25, 0.3) is 0 Å². The Hall–Kier alpha value is -3.51. The number of carbonyl (C=O) groups excluding carboxylic acids is 1. The topological polar surface area (TPSA) is 69.2 Å². The van der Waals surface area contributed by atoms with E-state index in [1.54, 1.807) is 18.3 Å². The summed E-state index contributed by atoms with van der Waals surface area (Å²) in [5.74, 6) is 1.83. The molecule has 6 nitrogen and oxygen atoms in total. The van der Waals surface area contributed by atoms with E-state index in [1.807, 2.05) is 54.6 Å². The van der Waals surface area contributed by atoms with Crippen LogP contribution in [0.1, 0.15) is 16.7 Å². The maximum absolute atomic E-state index is 12.1. The predicted molar refractivity (Wildman–Crippen MR) is 114 cm³/mol. The van der Waals surface area contributed by atoms with Gasteiger partial charge < -0.3 is 14.2 Å². The van der Waals surface area contributed by atoms with Crippen LogP contribution in [0.4, 0.5) is 0 Å². The second kappa shape index (κ2) is 9.33. The van der Waals surface area contributed by atoms with Crippen molar-refractivity contribution >= 4 is 23.7 Å². The lowest BCUT2D eigenvalue weighted by atomic mass is 10.1. The highest BCUT2D eigenvalue weighted by Gasteiger charge is 2.14. The lowest BCUT2D eigenvalue weighted by Gasteiger charge is -2.07. The summed E-state index contributed by atoms with van der Waals surface area (Å²) in [5.41, 5.74) is 5.19. The second-order valence-corrected chi connectivity index (χ2v) is 7.08. The fourth-order valence-electron chi connectivity index (χ4n) is 2.89. The number of hydrogen-bond acceptors (Lipinski definition) is 5. The van der Waals surface area contributed by atoms with Gasteiger partial charge in [0.15, 0.2) is 11.5 Å². The number of hydrogen-bond donors (Lipinski definition) is 1. The summed E-state index contributed by atoms with van der Waals surface area (Å²) in [7, 11) is 0. The zero-order valence-electron chi connectivity index (χ0n) is 16.0. The number of halogens is 1. The van der Waals surface area contributed by atoms with Gasteiger partial charge in [0.1, 0.15) is 12.4 Å². The van der Waals surface area contributed by atoms with Gasteiger partial charge in [-0.1, -0.05) is 41.9 Å². The molecule has 30 heavy (non-hydrogen) atoms. The van der Waals surface area contributed by atoms with Crippen LogP contribution in [0.15, 0.2) is 71.8 Å². The van der Waals surface area contributed by atoms with Crippen molar-refractivity contribution < 1.29 is 19.0 Å². The summed E-state index contributed by atoms with van der Waals surface area (Å²) in [5, 5.41) is 4.72. The van der Waals surface area contributed by atoms with E-state index in [0.717, 1.165) is 16.7 Å². The number of amides is 1. The molecule has 1 aliphatic rings. The molecule has 0 saturated heterocycles. The highest BCUT2D eigenvalue weighted by Crippen LogP contribution is 2.32. The molecule has 4 rings (SSSR count). The third kappa shape index (κ3) is 5.30. The summed E-state index contributed by atoms with van der Waals surface area (Å²) >= 11 is 5.89. The first kappa shape index (κ1) is 19.8. The molecule has 0 radical (unpaired) electrons. The van der Waals surface area contributed by atoms with E-state index in [2.05, 4.69) is 10.5 Å². The molecule has 1 N–H and O–H groups in total. The van der Waals surface area contributed by atoms with Crippen LogP contribution in [0.2, 0.25) is 5.02 Å². The Morgan fingerprint density at radius 3 is 2.70 bits per heavy atom. The quantitative estimate of drug-likeness (QED) is 0.454. The minimum Gasteiger partial charge on any atom is -0.489 e. The van der Waals surface area contributed by atoms with Crippen molar-refractivity contribution in [1.29, 1.82) is 0 Å². The minimum atomic E-state index is -0.222. The Morgan fingerprint density at radius 1 is 1.03 bits per heavy atom. The molecule has 3 aromatic rings. The van der Waals surface area contributed by atoms with Crippen LogP contribution < -0.4 is 19.6 Å². The maximum Gasteiger partial charge on any atom is 0.244 e. The smallest absolute Gasteiger partial charge is 0.244 e. The monoisotopic (exact) mass is 422 g/mol. The summed E-state index contributed by atoms with van der Waals surface area (Å²) in [6, 6.07) is 20.4. The van der Waals surface area contributed by atoms with Gasteiger partial charge in [-0.3, -0.25) is 4.79 Å². The largest absolute Gasteiger partial charge is 0.489 e. The summed E-state index contributed by atoms with van der Waals surface area (Å²) < 4.78 is 16.4. The van der Waals surface area contributed by atoms with Crippen molar-refractivity contribution in [3.63, 3.8) is 0 Å². The highest BCUT2D eigenvalue weighted by molar-refractivity contribution is 6.30. The van der Waals surface area contributed by atoms with E-state index >= 15 is 0 Å². The number of nitrogens with zero attached hydrogens (tertiary/aromatic N) is 1. The first-order chi connectivity index (χ1) is 14.7. The molecular weight excluding hydrogens is 404 g/mol. The third-order valence-electron chi connectivity index (χ3n) is 4.38. The van der Waals surface area contributed by atoms with Crippen molar-refractivity contribution in [3.05, 3.63) is 88.4 Å². The molecule has 0 fully saturated rings. The first-order valence-corrected chi connectivity index (χ1v) is 9.71. The number of carbonyl (C=O) groups is 1. The third-order valence-corrected chi connectivity index (χ3v) is 4.63. The van der Waals surface area contributed by atoms with Gasteiger partial charge in [0, 0.05) is 5.02 Å². The van der Waals surface area contributed by atoms with E-state index in [1.165, 1.54) is 0 Å².